The van der Waals surface area contributed by atoms with Crippen molar-refractivity contribution in [3.8, 4) is 0 Å². The minimum Gasteiger partial charge on any atom is -0.289 e. The van der Waals surface area contributed by atoms with Gasteiger partial charge in [-0.2, -0.15) is 0 Å². The Morgan fingerprint density at radius 1 is 0.567 bits per heavy atom. The molecule has 0 unspecified atom stereocenters. The van der Waals surface area contributed by atoms with Gasteiger partial charge in [0.05, 0.1) is 11.4 Å². The zero-order valence-corrected chi connectivity index (χ0v) is 17.6. The van der Waals surface area contributed by atoms with E-state index in [2.05, 4.69) is 0 Å². The fourth-order valence-electron chi connectivity index (χ4n) is 3.83. The molecule has 2 aliphatic rings. The van der Waals surface area contributed by atoms with Crippen LogP contribution < -0.4 is 0 Å². The smallest absolute Gasteiger partial charge is 0.194 e. The van der Waals surface area contributed by atoms with Gasteiger partial charge in [0.15, 0.2) is 11.6 Å². The Hall–Kier alpha value is -3.40. The van der Waals surface area contributed by atoms with E-state index in [0.717, 1.165) is 22.6 Å². The molecule has 0 radical (unpaired) electrons. The summed E-state index contributed by atoms with van der Waals surface area (Å²) in [6.07, 6.45) is 3.52. The van der Waals surface area contributed by atoms with Crippen LogP contribution in [0.2, 0.25) is 0 Å². The molecule has 0 saturated carbocycles. The van der Waals surface area contributed by atoms with Gasteiger partial charge in [-0.05, 0) is 39.8 Å². The number of Topliss-reactive ketones (excluding diaryl/α,β-unsaturated/α-hetero) is 2. The lowest BCUT2D eigenvalue weighted by molar-refractivity contribution is 0.0996. The van der Waals surface area contributed by atoms with E-state index in [0.29, 0.717) is 22.3 Å². The molecule has 0 bridgehead atoms. The largest absolute Gasteiger partial charge is 0.289 e. The van der Waals surface area contributed by atoms with Crippen LogP contribution in [0.15, 0.2) is 81.8 Å². The zero-order valence-electron chi connectivity index (χ0n) is 17.6. The van der Waals surface area contributed by atoms with Gasteiger partial charge in [-0.25, -0.2) is 0 Å². The molecule has 2 aromatic rings. The number of allylic oxidation sites excluding steroid dienone is 4. The van der Waals surface area contributed by atoms with Gasteiger partial charge in [0.1, 0.15) is 0 Å². The van der Waals surface area contributed by atoms with E-state index in [1.165, 1.54) is 0 Å². The highest BCUT2D eigenvalue weighted by Gasteiger charge is 2.33. The van der Waals surface area contributed by atoms with E-state index >= 15 is 0 Å². The number of carbonyl (C=O) groups excluding carboxylic acids is 2. The summed E-state index contributed by atoms with van der Waals surface area (Å²) in [5.41, 5.74) is 4.97. The Labute approximate surface area is 176 Å². The van der Waals surface area contributed by atoms with E-state index in [-0.39, 0.29) is 23.7 Å². The van der Waals surface area contributed by atoms with Crippen LogP contribution in [0, 0.1) is 0 Å². The maximum absolute atomic E-state index is 13.4. The molecule has 4 nitrogen and oxygen atoms in total. The molecule has 0 amide bonds. The maximum atomic E-state index is 13.4. The molecule has 0 saturated heterocycles. The van der Waals surface area contributed by atoms with Crippen LogP contribution in [0.1, 0.15) is 59.5 Å². The van der Waals surface area contributed by atoms with Gasteiger partial charge in [0, 0.05) is 45.5 Å². The average Bonchev–Trinajstić information content (AvgIpc) is 2.72. The Morgan fingerprint density at radius 3 is 1.23 bits per heavy atom. The lowest BCUT2D eigenvalue weighted by Crippen LogP contribution is -2.26. The number of hydrogen-bond donors (Lipinski definition) is 0. The van der Waals surface area contributed by atoms with Gasteiger partial charge in [-0.1, -0.05) is 48.5 Å². The first kappa shape index (κ1) is 19.9. The number of ketones is 2. The number of carbonyl (C=O) groups is 2. The second-order valence-electron chi connectivity index (χ2n) is 8.08. The molecule has 4 heteroatoms. The topological polar surface area (TPSA) is 58.9 Å². The number of nitrogens with zero attached hydrogens (tertiary/aromatic N) is 2. The Bertz CT molecular complexity index is 1080. The van der Waals surface area contributed by atoms with Crippen molar-refractivity contribution >= 4 is 23.0 Å². The summed E-state index contributed by atoms with van der Waals surface area (Å²) >= 11 is 0. The van der Waals surface area contributed by atoms with Crippen LogP contribution in [0.3, 0.4) is 0 Å². The van der Waals surface area contributed by atoms with Crippen LogP contribution in [-0.2, 0) is 0 Å². The van der Waals surface area contributed by atoms with Crippen molar-refractivity contribution in [2.45, 2.75) is 39.8 Å². The second-order valence-corrected chi connectivity index (χ2v) is 8.08. The van der Waals surface area contributed by atoms with Gasteiger partial charge in [-0.3, -0.25) is 19.6 Å². The first-order valence-electron chi connectivity index (χ1n) is 10.2. The molecule has 0 heterocycles. The van der Waals surface area contributed by atoms with Crippen molar-refractivity contribution in [3.63, 3.8) is 0 Å². The molecule has 0 fully saturated rings. The van der Waals surface area contributed by atoms with Crippen LogP contribution in [0.25, 0.3) is 0 Å². The summed E-state index contributed by atoms with van der Waals surface area (Å²) < 4.78 is 0. The molecule has 2 aliphatic carbocycles. The van der Waals surface area contributed by atoms with Crippen molar-refractivity contribution < 1.29 is 9.59 Å². The molecule has 150 valence electrons. The number of rotatable bonds is 3. The number of benzene rings is 2. The highest BCUT2D eigenvalue weighted by molar-refractivity contribution is 6.35. The Morgan fingerprint density at radius 2 is 0.900 bits per heavy atom. The van der Waals surface area contributed by atoms with Crippen LogP contribution in [0.4, 0.5) is 0 Å². The minimum atomic E-state index is -0.156. The molecular formula is C26H24N2O2. The Kier molecular flexibility index (Phi) is 5.17. The third kappa shape index (κ3) is 3.50. The SMILES string of the molecule is CC(C)/N=C1/C=C(C2=C/C(=N\C(C)C)c3ccccc3C2=O)C(=O)c2ccccc21. The van der Waals surface area contributed by atoms with Gasteiger partial charge in [0.25, 0.3) is 0 Å². The minimum absolute atomic E-state index is 0.0635. The van der Waals surface area contributed by atoms with E-state index in [1.807, 2.05) is 64.1 Å². The first-order valence-corrected chi connectivity index (χ1v) is 10.2. The van der Waals surface area contributed by atoms with E-state index < -0.39 is 0 Å². The fourth-order valence-corrected chi connectivity index (χ4v) is 3.83. The molecule has 4 rings (SSSR count). The van der Waals surface area contributed by atoms with E-state index in [1.54, 1.807) is 24.3 Å². The lowest BCUT2D eigenvalue weighted by atomic mass is 9.79. The Balaban J connectivity index is 1.93. The zero-order chi connectivity index (χ0) is 21.4. The standard InChI is InChI=1S/C26H24N2O2/c1-15(2)27-23-13-21(25(29)19-11-7-5-9-17(19)23)22-14-24(28-16(3)4)18-10-6-8-12-20(18)26(22)30/h5-16H,1-4H3/b27-23-,28-24+. The number of fused-ring (bicyclic) bond motifs is 2. The molecule has 2 aromatic carbocycles. The van der Waals surface area contributed by atoms with E-state index in [9.17, 15) is 9.59 Å². The number of hydrogen-bond acceptors (Lipinski definition) is 4. The van der Waals surface area contributed by atoms with E-state index in [4.69, 9.17) is 9.98 Å². The monoisotopic (exact) mass is 396 g/mol. The molecule has 0 aliphatic heterocycles. The van der Waals surface area contributed by atoms with Gasteiger partial charge < -0.3 is 0 Å². The summed E-state index contributed by atoms with van der Waals surface area (Å²) in [6, 6.07) is 15.0. The summed E-state index contributed by atoms with van der Waals surface area (Å²) in [6.45, 7) is 7.98. The molecule has 0 aromatic heterocycles. The van der Waals surface area contributed by atoms with Crippen molar-refractivity contribution in [2.75, 3.05) is 0 Å². The van der Waals surface area contributed by atoms with Crippen LogP contribution in [0.5, 0.6) is 0 Å². The van der Waals surface area contributed by atoms with Crippen molar-refractivity contribution in [1.82, 2.24) is 0 Å². The highest BCUT2D eigenvalue weighted by Crippen LogP contribution is 2.32. The summed E-state index contributed by atoms with van der Waals surface area (Å²) in [7, 11) is 0. The maximum Gasteiger partial charge on any atom is 0.194 e. The van der Waals surface area contributed by atoms with Gasteiger partial charge in [0.2, 0.25) is 0 Å². The van der Waals surface area contributed by atoms with Gasteiger partial charge in [-0.15, -0.1) is 0 Å². The molecule has 0 atom stereocenters. The third-order valence-electron chi connectivity index (χ3n) is 5.03. The normalized spacial score (nSPS) is 18.6. The predicted octanol–water partition coefficient (Wildman–Crippen LogP) is 5.03. The number of aliphatic imine (C=N–C) groups is 2. The van der Waals surface area contributed by atoms with Crippen molar-refractivity contribution in [2.24, 2.45) is 9.98 Å². The first-order chi connectivity index (χ1) is 14.4. The predicted molar refractivity (Wildman–Crippen MR) is 121 cm³/mol. The highest BCUT2D eigenvalue weighted by atomic mass is 16.1. The van der Waals surface area contributed by atoms with Crippen molar-refractivity contribution in [3.05, 3.63) is 94.1 Å². The summed E-state index contributed by atoms with van der Waals surface area (Å²) in [5.74, 6) is -0.313. The van der Waals surface area contributed by atoms with Crippen LogP contribution in [-0.4, -0.2) is 35.1 Å². The lowest BCUT2D eigenvalue weighted by Gasteiger charge is -2.23. The van der Waals surface area contributed by atoms with Gasteiger partial charge >= 0.3 is 0 Å². The third-order valence-corrected chi connectivity index (χ3v) is 5.03. The quantitative estimate of drug-likeness (QED) is 0.731. The van der Waals surface area contributed by atoms with Crippen LogP contribution >= 0.6 is 0 Å². The molecule has 0 spiro atoms. The average molecular weight is 396 g/mol. The molecule has 0 N–H and O–H groups in total. The fraction of sp³-hybridized carbons (Fsp3) is 0.231. The summed E-state index contributed by atoms with van der Waals surface area (Å²) in [5, 5.41) is 0. The molecular weight excluding hydrogens is 372 g/mol. The summed E-state index contributed by atoms with van der Waals surface area (Å²) in [4.78, 5) is 36.2. The second kappa shape index (κ2) is 7.79. The molecule has 30 heavy (non-hydrogen) atoms. The van der Waals surface area contributed by atoms with Crippen molar-refractivity contribution in [1.29, 1.82) is 0 Å².